The second-order valence-electron chi connectivity index (χ2n) is 4.75. The molecule has 0 N–H and O–H groups in total. The molecule has 3 rings (SSSR count). The highest BCUT2D eigenvalue weighted by atomic mass is 16.4. The van der Waals surface area contributed by atoms with Gasteiger partial charge >= 0.3 is 0 Å². The molecule has 0 unspecified atom stereocenters. The van der Waals surface area contributed by atoms with E-state index in [4.69, 9.17) is 4.42 Å². The van der Waals surface area contributed by atoms with Crippen molar-refractivity contribution in [3.63, 3.8) is 0 Å². The number of carboxylic acid groups (broad SMARTS) is 1. The van der Waals surface area contributed by atoms with Gasteiger partial charge in [-0.15, -0.1) is 0 Å². The molecule has 1 aromatic carbocycles. The van der Waals surface area contributed by atoms with Crippen molar-refractivity contribution in [3.05, 3.63) is 65.1 Å². The SMILES string of the molecule is Cc1c(-c2ccc(-c3cocn3)cc2)ccn(C(=O)[O-])c1=O. The summed E-state index contributed by atoms with van der Waals surface area (Å²) in [5.74, 6) is 0. The fraction of sp³-hybridized carbons (Fsp3) is 0.0625. The molecular formula is C16H11N2O4-. The van der Waals surface area contributed by atoms with Crippen molar-refractivity contribution in [2.24, 2.45) is 0 Å². The maximum absolute atomic E-state index is 12.0. The normalized spacial score (nSPS) is 10.6. The predicted octanol–water partition coefficient (Wildman–Crippen LogP) is 1.67. The van der Waals surface area contributed by atoms with Crippen LogP contribution in [0.5, 0.6) is 0 Å². The summed E-state index contributed by atoms with van der Waals surface area (Å²) >= 11 is 0. The molecule has 6 heteroatoms. The lowest BCUT2D eigenvalue weighted by atomic mass is 10.0. The van der Waals surface area contributed by atoms with E-state index in [2.05, 4.69) is 4.98 Å². The Morgan fingerprint density at radius 2 is 1.86 bits per heavy atom. The van der Waals surface area contributed by atoms with Crippen molar-refractivity contribution >= 4 is 6.09 Å². The average molecular weight is 295 g/mol. The molecule has 0 spiro atoms. The van der Waals surface area contributed by atoms with Crippen LogP contribution in [-0.2, 0) is 0 Å². The standard InChI is InChI=1S/C16H12N2O4/c1-10-13(6-7-18(15(10)19)16(20)21)11-2-4-12(5-3-11)14-8-22-9-17-14/h2-9H,1H3,(H,20,21)/p-1. The van der Waals surface area contributed by atoms with E-state index in [1.807, 2.05) is 24.3 Å². The summed E-state index contributed by atoms with van der Waals surface area (Å²) in [6.45, 7) is 1.59. The van der Waals surface area contributed by atoms with E-state index >= 15 is 0 Å². The summed E-state index contributed by atoms with van der Waals surface area (Å²) < 4.78 is 5.50. The highest BCUT2D eigenvalue weighted by Crippen LogP contribution is 2.24. The molecule has 110 valence electrons. The number of carbonyl (C=O) groups is 1. The van der Waals surface area contributed by atoms with Gasteiger partial charge in [0.25, 0.3) is 5.56 Å². The zero-order chi connectivity index (χ0) is 15.7. The maximum atomic E-state index is 12.0. The van der Waals surface area contributed by atoms with Crippen LogP contribution in [0, 0.1) is 6.92 Å². The molecule has 0 saturated heterocycles. The zero-order valence-corrected chi connectivity index (χ0v) is 11.6. The van der Waals surface area contributed by atoms with Gasteiger partial charge in [-0.25, -0.2) is 4.98 Å². The van der Waals surface area contributed by atoms with Crippen LogP contribution in [0.1, 0.15) is 5.56 Å². The van der Waals surface area contributed by atoms with Crippen LogP contribution in [0.2, 0.25) is 0 Å². The number of benzene rings is 1. The van der Waals surface area contributed by atoms with E-state index in [9.17, 15) is 14.7 Å². The minimum absolute atomic E-state index is 0.348. The third-order valence-electron chi connectivity index (χ3n) is 3.45. The maximum Gasteiger partial charge on any atom is 0.259 e. The van der Waals surface area contributed by atoms with Gasteiger partial charge < -0.3 is 14.3 Å². The Morgan fingerprint density at radius 1 is 1.18 bits per heavy atom. The first-order valence-corrected chi connectivity index (χ1v) is 6.50. The molecular weight excluding hydrogens is 284 g/mol. The lowest BCUT2D eigenvalue weighted by Gasteiger charge is -2.11. The second kappa shape index (κ2) is 5.33. The second-order valence-corrected chi connectivity index (χ2v) is 4.75. The molecule has 0 fully saturated rings. The fourth-order valence-electron chi connectivity index (χ4n) is 2.27. The minimum Gasteiger partial charge on any atom is -0.529 e. The average Bonchev–Trinajstić information content (AvgIpc) is 3.04. The molecule has 0 amide bonds. The Morgan fingerprint density at radius 3 is 2.45 bits per heavy atom. The molecule has 22 heavy (non-hydrogen) atoms. The first kappa shape index (κ1) is 13.8. The lowest BCUT2D eigenvalue weighted by Crippen LogP contribution is -2.37. The van der Waals surface area contributed by atoms with Gasteiger partial charge in [0.15, 0.2) is 6.39 Å². The van der Waals surface area contributed by atoms with Crippen LogP contribution in [0.4, 0.5) is 4.79 Å². The van der Waals surface area contributed by atoms with Crippen LogP contribution in [0.25, 0.3) is 22.4 Å². The number of nitrogens with zero attached hydrogens (tertiary/aromatic N) is 2. The first-order chi connectivity index (χ1) is 10.6. The Kier molecular flexibility index (Phi) is 3.34. The van der Waals surface area contributed by atoms with Crippen LogP contribution in [0.15, 0.2) is 58.4 Å². The van der Waals surface area contributed by atoms with Gasteiger partial charge in [-0.2, -0.15) is 0 Å². The smallest absolute Gasteiger partial charge is 0.259 e. The molecule has 2 aromatic heterocycles. The Labute approximate surface area is 125 Å². The summed E-state index contributed by atoms with van der Waals surface area (Å²) in [6, 6.07) is 8.98. The van der Waals surface area contributed by atoms with Crippen molar-refractivity contribution in [2.75, 3.05) is 0 Å². The number of pyridine rings is 1. The van der Waals surface area contributed by atoms with Gasteiger partial charge in [0.2, 0.25) is 0 Å². The summed E-state index contributed by atoms with van der Waals surface area (Å²) in [5, 5.41) is 10.8. The molecule has 0 radical (unpaired) electrons. The van der Waals surface area contributed by atoms with Gasteiger partial charge in [-0.1, -0.05) is 24.3 Å². The van der Waals surface area contributed by atoms with Gasteiger partial charge in [0.1, 0.15) is 18.1 Å². The van der Waals surface area contributed by atoms with E-state index in [0.29, 0.717) is 15.7 Å². The van der Waals surface area contributed by atoms with Crippen LogP contribution in [-0.4, -0.2) is 15.6 Å². The van der Waals surface area contributed by atoms with Crippen molar-refractivity contribution in [2.45, 2.75) is 6.92 Å². The monoisotopic (exact) mass is 295 g/mol. The Balaban J connectivity index is 2.03. The van der Waals surface area contributed by atoms with Crippen LogP contribution < -0.4 is 10.7 Å². The zero-order valence-electron chi connectivity index (χ0n) is 11.6. The van der Waals surface area contributed by atoms with Crippen molar-refractivity contribution in [3.8, 4) is 22.4 Å². The van der Waals surface area contributed by atoms with Crippen molar-refractivity contribution < 1.29 is 14.3 Å². The fourth-order valence-corrected chi connectivity index (χ4v) is 2.27. The molecule has 0 atom stereocenters. The third-order valence-corrected chi connectivity index (χ3v) is 3.45. The number of hydrogen-bond donors (Lipinski definition) is 0. The van der Waals surface area contributed by atoms with Crippen LogP contribution in [0.3, 0.4) is 0 Å². The van der Waals surface area contributed by atoms with Crippen LogP contribution >= 0.6 is 0 Å². The Hall–Kier alpha value is -3.15. The highest BCUT2D eigenvalue weighted by Gasteiger charge is 2.09. The van der Waals surface area contributed by atoms with Gasteiger partial charge in [0.05, 0.1) is 0 Å². The van der Waals surface area contributed by atoms with E-state index in [1.54, 1.807) is 19.3 Å². The van der Waals surface area contributed by atoms with E-state index in [1.165, 1.54) is 12.6 Å². The number of carbonyl (C=O) groups excluding carboxylic acids is 1. The highest BCUT2D eigenvalue weighted by molar-refractivity contribution is 5.72. The third kappa shape index (κ3) is 2.31. The minimum atomic E-state index is -1.54. The molecule has 0 saturated carbocycles. The summed E-state index contributed by atoms with van der Waals surface area (Å²) in [7, 11) is 0. The van der Waals surface area contributed by atoms with E-state index < -0.39 is 11.7 Å². The molecule has 0 aliphatic carbocycles. The first-order valence-electron chi connectivity index (χ1n) is 6.50. The molecule has 3 aromatic rings. The number of aromatic nitrogens is 2. The summed E-state index contributed by atoms with van der Waals surface area (Å²) in [4.78, 5) is 26.9. The topological polar surface area (TPSA) is 88.2 Å². The van der Waals surface area contributed by atoms with Crippen molar-refractivity contribution in [1.82, 2.24) is 9.55 Å². The van der Waals surface area contributed by atoms with Gasteiger partial charge in [-0.3, -0.25) is 9.36 Å². The largest absolute Gasteiger partial charge is 0.529 e. The van der Waals surface area contributed by atoms with E-state index in [0.717, 1.165) is 16.8 Å². The van der Waals surface area contributed by atoms with Gasteiger partial charge in [0, 0.05) is 17.3 Å². The number of oxazole rings is 1. The molecule has 2 heterocycles. The Bertz CT molecular complexity index is 878. The molecule has 6 nitrogen and oxygen atoms in total. The molecule has 0 aliphatic heterocycles. The summed E-state index contributed by atoms with van der Waals surface area (Å²) in [6.07, 6.45) is 2.56. The summed E-state index contributed by atoms with van der Waals surface area (Å²) in [5.41, 5.74) is 2.84. The quantitative estimate of drug-likeness (QED) is 0.717. The molecule has 0 aliphatic rings. The van der Waals surface area contributed by atoms with Crippen molar-refractivity contribution in [1.29, 1.82) is 0 Å². The number of hydrogen-bond acceptors (Lipinski definition) is 5. The molecule has 0 bridgehead atoms. The van der Waals surface area contributed by atoms with Gasteiger partial charge in [-0.05, 0) is 24.1 Å². The number of rotatable bonds is 2. The predicted molar refractivity (Wildman–Crippen MR) is 77.2 cm³/mol. The van der Waals surface area contributed by atoms with E-state index in [-0.39, 0.29) is 0 Å². The lowest BCUT2D eigenvalue weighted by molar-refractivity contribution is -0.250.